The fourth-order valence-electron chi connectivity index (χ4n) is 1.98. The van der Waals surface area contributed by atoms with Crippen LogP contribution in [-0.4, -0.2) is 24.3 Å². The van der Waals surface area contributed by atoms with E-state index in [9.17, 15) is 9.90 Å². The van der Waals surface area contributed by atoms with E-state index in [0.717, 1.165) is 10.8 Å². The standard InChI is InChI=1S/C16H17NO4/c1-3-20-15(18)14(16(19)21-4-2)17-10-9-12-7-5-6-8-13(12)11-17/h5-11H,3-4H2,1-2H3/p+1. The molecule has 0 spiro atoms. The molecule has 110 valence electrons. The molecule has 0 unspecified atom stereocenters. The second-order valence-electron chi connectivity index (χ2n) is 4.29. The Labute approximate surface area is 123 Å². The van der Waals surface area contributed by atoms with E-state index in [1.807, 2.05) is 30.3 Å². The summed E-state index contributed by atoms with van der Waals surface area (Å²) in [6.07, 6.45) is 3.43. The number of hydrogen-bond acceptors (Lipinski definition) is 4. The van der Waals surface area contributed by atoms with Gasteiger partial charge in [-0.2, -0.15) is 4.57 Å². The number of fused-ring (bicyclic) bond motifs is 1. The molecular weight excluding hydrogens is 270 g/mol. The highest BCUT2D eigenvalue weighted by atomic mass is 16.6. The van der Waals surface area contributed by atoms with Crippen LogP contribution in [0, 0.1) is 0 Å². The van der Waals surface area contributed by atoms with E-state index in [1.165, 1.54) is 4.57 Å². The zero-order chi connectivity index (χ0) is 15.2. The number of ether oxygens (including phenoxy) is 2. The minimum atomic E-state index is -0.635. The summed E-state index contributed by atoms with van der Waals surface area (Å²) in [4.78, 5) is 12.1. The predicted molar refractivity (Wildman–Crippen MR) is 78.2 cm³/mol. The van der Waals surface area contributed by atoms with Gasteiger partial charge in [-0.05, 0) is 25.3 Å². The topological polar surface area (TPSA) is 59.6 Å². The number of benzene rings is 1. The quantitative estimate of drug-likeness (QED) is 0.397. The van der Waals surface area contributed by atoms with Crippen molar-refractivity contribution in [2.75, 3.05) is 13.2 Å². The van der Waals surface area contributed by atoms with Crippen molar-refractivity contribution in [3.63, 3.8) is 0 Å². The van der Waals surface area contributed by atoms with Crippen molar-refractivity contribution in [1.82, 2.24) is 0 Å². The summed E-state index contributed by atoms with van der Waals surface area (Å²) >= 11 is 0. The average Bonchev–Trinajstić information content (AvgIpc) is 2.48. The van der Waals surface area contributed by atoms with Gasteiger partial charge in [0.2, 0.25) is 0 Å². The van der Waals surface area contributed by atoms with Gasteiger partial charge in [0, 0.05) is 11.5 Å². The average molecular weight is 288 g/mol. The maximum absolute atomic E-state index is 12.1. The molecule has 2 aromatic rings. The van der Waals surface area contributed by atoms with Crippen LogP contribution in [0.25, 0.3) is 16.5 Å². The molecule has 0 fully saturated rings. The van der Waals surface area contributed by atoms with Crippen LogP contribution >= 0.6 is 0 Å². The third-order valence-corrected chi connectivity index (χ3v) is 2.90. The van der Waals surface area contributed by atoms with Crippen molar-refractivity contribution in [3.8, 4) is 0 Å². The van der Waals surface area contributed by atoms with Crippen LogP contribution in [0.3, 0.4) is 0 Å². The van der Waals surface area contributed by atoms with E-state index in [0.29, 0.717) is 0 Å². The van der Waals surface area contributed by atoms with Gasteiger partial charge < -0.3 is 14.6 Å². The number of esters is 1. The molecule has 2 rings (SSSR count). The summed E-state index contributed by atoms with van der Waals surface area (Å²) in [5.74, 6) is -1.08. The minimum absolute atomic E-state index is 0.0375. The number of carbonyl (C=O) groups excluding carboxylic acids is 1. The smallest absolute Gasteiger partial charge is 0.412 e. The second kappa shape index (κ2) is 6.74. The first kappa shape index (κ1) is 14.8. The first-order valence-corrected chi connectivity index (χ1v) is 6.81. The van der Waals surface area contributed by atoms with E-state index < -0.39 is 11.9 Å². The first-order valence-electron chi connectivity index (χ1n) is 6.81. The predicted octanol–water partition coefficient (Wildman–Crippen LogP) is 2.41. The van der Waals surface area contributed by atoms with Crippen molar-refractivity contribution in [2.24, 2.45) is 0 Å². The number of carbonyl (C=O) groups is 1. The van der Waals surface area contributed by atoms with Crippen molar-refractivity contribution < 1.29 is 23.9 Å². The second-order valence-corrected chi connectivity index (χ2v) is 4.29. The Hall–Kier alpha value is -2.56. The minimum Gasteiger partial charge on any atom is -0.476 e. The van der Waals surface area contributed by atoms with E-state index in [1.54, 1.807) is 26.2 Å². The molecule has 21 heavy (non-hydrogen) atoms. The van der Waals surface area contributed by atoms with Crippen LogP contribution in [0.2, 0.25) is 0 Å². The van der Waals surface area contributed by atoms with Gasteiger partial charge in [-0.25, -0.2) is 4.79 Å². The van der Waals surface area contributed by atoms with Gasteiger partial charge in [0.25, 0.3) is 0 Å². The third-order valence-electron chi connectivity index (χ3n) is 2.90. The summed E-state index contributed by atoms with van der Waals surface area (Å²) in [5, 5.41) is 11.9. The SMILES string of the molecule is CCOC(=O)C(=C(O)OCC)[n+]1ccc2ccccc2c1. The van der Waals surface area contributed by atoms with Crippen molar-refractivity contribution in [1.29, 1.82) is 0 Å². The number of nitrogens with zero attached hydrogens (tertiary/aromatic N) is 1. The Morgan fingerprint density at radius 3 is 2.43 bits per heavy atom. The lowest BCUT2D eigenvalue weighted by Gasteiger charge is -2.06. The van der Waals surface area contributed by atoms with Crippen molar-refractivity contribution >= 4 is 22.4 Å². The van der Waals surface area contributed by atoms with Gasteiger partial charge in [0.05, 0.1) is 13.2 Å². The van der Waals surface area contributed by atoms with Gasteiger partial charge in [0.1, 0.15) is 0 Å². The lowest BCUT2D eigenvalue weighted by atomic mass is 10.2. The summed E-state index contributed by atoms with van der Waals surface area (Å²) in [5.41, 5.74) is -0.0375. The molecule has 1 aromatic carbocycles. The molecule has 0 amide bonds. The molecule has 0 saturated heterocycles. The zero-order valence-corrected chi connectivity index (χ0v) is 12.1. The molecule has 0 aliphatic heterocycles. The van der Waals surface area contributed by atoms with E-state index in [-0.39, 0.29) is 18.9 Å². The number of rotatable bonds is 5. The highest BCUT2D eigenvalue weighted by Gasteiger charge is 2.29. The first-order chi connectivity index (χ1) is 10.2. The molecular formula is C16H18NO4+. The number of pyridine rings is 1. The van der Waals surface area contributed by atoms with Gasteiger partial charge in [-0.15, -0.1) is 0 Å². The van der Waals surface area contributed by atoms with E-state index in [4.69, 9.17) is 9.47 Å². The third kappa shape index (κ3) is 3.31. The highest BCUT2D eigenvalue weighted by molar-refractivity contribution is 6.06. The zero-order valence-electron chi connectivity index (χ0n) is 12.1. The maximum atomic E-state index is 12.1. The fourth-order valence-corrected chi connectivity index (χ4v) is 1.98. The lowest BCUT2D eigenvalue weighted by Crippen LogP contribution is -2.38. The number of hydrogen-bond donors (Lipinski definition) is 1. The molecule has 0 saturated carbocycles. The van der Waals surface area contributed by atoms with E-state index >= 15 is 0 Å². The van der Waals surface area contributed by atoms with E-state index in [2.05, 4.69) is 0 Å². The Kier molecular flexibility index (Phi) is 4.77. The van der Waals surface area contributed by atoms with Crippen LogP contribution in [0.15, 0.2) is 48.7 Å². The summed E-state index contributed by atoms with van der Waals surface area (Å²) in [7, 11) is 0. The van der Waals surface area contributed by atoms with Crippen LogP contribution < -0.4 is 4.57 Å². The molecule has 0 atom stereocenters. The Balaban J connectivity index is 2.52. The molecule has 1 heterocycles. The van der Waals surface area contributed by atoms with Crippen molar-refractivity contribution in [2.45, 2.75) is 13.8 Å². The van der Waals surface area contributed by atoms with Crippen LogP contribution in [0.5, 0.6) is 0 Å². The Morgan fingerprint density at radius 1 is 1.10 bits per heavy atom. The largest absolute Gasteiger partial charge is 0.476 e. The maximum Gasteiger partial charge on any atom is 0.412 e. The Morgan fingerprint density at radius 2 is 1.76 bits per heavy atom. The highest BCUT2D eigenvalue weighted by Crippen LogP contribution is 2.13. The number of aliphatic hydroxyl groups excluding tert-OH is 1. The van der Waals surface area contributed by atoms with Crippen LogP contribution in [-0.2, 0) is 14.3 Å². The number of aromatic nitrogens is 1. The van der Waals surface area contributed by atoms with Gasteiger partial charge in [0.15, 0.2) is 12.4 Å². The molecule has 0 aliphatic rings. The molecule has 0 radical (unpaired) electrons. The molecule has 0 aliphatic carbocycles. The summed E-state index contributed by atoms with van der Waals surface area (Å²) < 4.78 is 11.5. The van der Waals surface area contributed by atoms with Crippen LogP contribution in [0.4, 0.5) is 0 Å². The molecule has 5 nitrogen and oxygen atoms in total. The van der Waals surface area contributed by atoms with Crippen LogP contribution in [0.1, 0.15) is 13.8 Å². The van der Waals surface area contributed by atoms with Crippen molar-refractivity contribution in [3.05, 3.63) is 48.7 Å². The monoisotopic (exact) mass is 288 g/mol. The van der Waals surface area contributed by atoms with Gasteiger partial charge in [-0.3, -0.25) is 0 Å². The number of aliphatic hydroxyl groups is 1. The molecule has 1 aromatic heterocycles. The lowest BCUT2D eigenvalue weighted by molar-refractivity contribution is -0.579. The van der Waals surface area contributed by atoms with Gasteiger partial charge >= 0.3 is 17.6 Å². The molecule has 5 heteroatoms. The molecule has 1 N–H and O–H groups in total. The summed E-state index contributed by atoms with van der Waals surface area (Å²) in [6, 6.07) is 9.59. The fraction of sp³-hybridized carbons (Fsp3) is 0.250. The normalized spacial score (nSPS) is 11.9. The Bertz CT molecular complexity index is 679. The summed E-state index contributed by atoms with van der Waals surface area (Å²) in [6.45, 7) is 3.90. The van der Waals surface area contributed by atoms with Gasteiger partial charge in [-0.1, -0.05) is 18.2 Å². The molecule has 0 bridgehead atoms.